The van der Waals surface area contributed by atoms with Gasteiger partial charge in [0.2, 0.25) is 0 Å². The first-order valence-corrected chi connectivity index (χ1v) is 6.07. The lowest BCUT2D eigenvalue weighted by Gasteiger charge is -2.32. The Labute approximate surface area is 90.1 Å². The van der Waals surface area contributed by atoms with Crippen molar-refractivity contribution in [2.45, 2.75) is 50.4 Å². The number of hydrogen-bond donors (Lipinski definition) is 0. The first-order valence-electron chi connectivity index (χ1n) is 6.07. The van der Waals surface area contributed by atoms with Gasteiger partial charge in [-0.15, -0.1) is 0 Å². The van der Waals surface area contributed by atoms with Crippen LogP contribution in [0.25, 0.3) is 0 Å². The van der Waals surface area contributed by atoms with E-state index in [0.717, 1.165) is 56.8 Å². The molecule has 2 saturated carbocycles. The summed E-state index contributed by atoms with van der Waals surface area (Å²) in [6.45, 7) is 0.784. The minimum atomic E-state index is -0.490. The molecule has 1 heterocycles. The van der Waals surface area contributed by atoms with Gasteiger partial charge < -0.3 is 14.3 Å². The fraction of sp³-hybridized carbons (Fsp3) is 0.917. The average Bonchev–Trinajstić information content (AvgIpc) is 2.89. The van der Waals surface area contributed by atoms with Crippen molar-refractivity contribution < 1.29 is 14.3 Å². The number of carbonyl (C=O) groups is 1. The van der Waals surface area contributed by atoms with Crippen molar-refractivity contribution in [3.63, 3.8) is 0 Å². The molecular weight excluding hydrogens is 192 g/mol. The highest BCUT2D eigenvalue weighted by Crippen LogP contribution is 2.57. The van der Waals surface area contributed by atoms with Crippen LogP contribution in [-0.4, -0.2) is 24.8 Å². The first kappa shape index (κ1) is 9.79. The summed E-state index contributed by atoms with van der Waals surface area (Å²) in [5.41, 5.74) is -0.490. The van der Waals surface area contributed by atoms with Crippen LogP contribution in [0.15, 0.2) is 0 Å². The third kappa shape index (κ3) is 1.83. The van der Waals surface area contributed by atoms with Crippen molar-refractivity contribution >= 4 is 6.29 Å². The normalized spacial score (nSPS) is 48.7. The van der Waals surface area contributed by atoms with Crippen molar-refractivity contribution in [3.05, 3.63) is 0 Å². The zero-order chi connectivity index (χ0) is 10.3. The molecule has 0 radical (unpaired) electrons. The highest BCUT2D eigenvalue weighted by atomic mass is 16.7. The molecule has 3 rings (SSSR count). The number of hydrogen-bond acceptors (Lipinski definition) is 3. The van der Waals surface area contributed by atoms with Crippen LogP contribution < -0.4 is 0 Å². The molecule has 0 aromatic rings. The molecule has 3 fully saturated rings. The Morgan fingerprint density at radius 1 is 1.27 bits per heavy atom. The Bertz CT molecular complexity index is 248. The van der Waals surface area contributed by atoms with E-state index in [2.05, 4.69) is 0 Å². The van der Waals surface area contributed by atoms with Crippen LogP contribution in [-0.2, 0) is 14.3 Å². The molecule has 0 aromatic carbocycles. The van der Waals surface area contributed by atoms with Gasteiger partial charge in [-0.25, -0.2) is 0 Å². The summed E-state index contributed by atoms with van der Waals surface area (Å²) in [6, 6.07) is 0. The van der Waals surface area contributed by atoms with Gasteiger partial charge in [0.05, 0.1) is 0 Å². The molecule has 0 bridgehead atoms. The lowest BCUT2D eigenvalue weighted by molar-refractivity contribution is -0.218. The third-order valence-corrected chi connectivity index (χ3v) is 4.00. The minimum absolute atomic E-state index is 0.124. The van der Waals surface area contributed by atoms with Crippen LogP contribution in [0.3, 0.4) is 0 Å². The van der Waals surface area contributed by atoms with Crippen LogP contribution in [0.4, 0.5) is 0 Å². The van der Waals surface area contributed by atoms with Crippen molar-refractivity contribution in [1.82, 2.24) is 0 Å². The molecule has 15 heavy (non-hydrogen) atoms. The zero-order valence-corrected chi connectivity index (χ0v) is 8.98. The van der Waals surface area contributed by atoms with Crippen molar-refractivity contribution in [1.29, 1.82) is 0 Å². The second-order valence-corrected chi connectivity index (χ2v) is 5.26. The quantitative estimate of drug-likeness (QED) is 0.667. The van der Waals surface area contributed by atoms with Crippen LogP contribution in [0.2, 0.25) is 0 Å². The van der Waals surface area contributed by atoms with E-state index in [1.807, 2.05) is 0 Å². The zero-order valence-electron chi connectivity index (χ0n) is 8.98. The Morgan fingerprint density at radius 2 is 2.07 bits per heavy atom. The van der Waals surface area contributed by atoms with E-state index in [-0.39, 0.29) is 6.29 Å². The Kier molecular flexibility index (Phi) is 2.33. The third-order valence-electron chi connectivity index (χ3n) is 4.00. The minimum Gasteiger partial charge on any atom is -0.353 e. The summed E-state index contributed by atoms with van der Waals surface area (Å²) >= 11 is 0. The number of rotatable bonds is 3. The van der Waals surface area contributed by atoms with E-state index in [1.165, 1.54) is 6.42 Å². The number of aldehydes is 1. The lowest BCUT2D eigenvalue weighted by atomic mass is 9.99. The summed E-state index contributed by atoms with van der Waals surface area (Å²) in [6.07, 6.45) is 7.31. The van der Waals surface area contributed by atoms with Gasteiger partial charge in [-0.1, -0.05) is 0 Å². The van der Waals surface area contributed by atoms with Crippen LogP contribution >= 0.6 is 0 Å². The van der Waals surface area contributed by atoms with E-state index in [0.29, 0.717) is 0 Å². The SMILES string of the molecule is O=CC1(OC2CCCCO2)CC2CC2C1. The summed E-state index contributed by atoms with van der Waals surface area (Å²) in [4.78, 5) is 11.2. The fourth-order valence-electron chi connectivity index (χ4n) is 3.07. The first-order chi connectivity index (χ1) is 7.31. The molecule has 1 aliphatic heterocycles. The maximum atomic E-state index is 11.2. The molecule has 3 atom stereocenters. The van der Waals surface area contributed by atoms with Gasteiger partial charge >= 0.3 is 0 Å². The van der Waals surface area contributed by atoms with Crippen molar-refractivity contribution in [2.24, 2.45) is 11.8 Å². The molecule has 3 nitrogen and oxygen atoms in total. The number of ether oxygens (including phenoxy) is 2. The molecule has 84 valence electrons. The fourth-order valence-corrected chi connectivity index (χ4v) is 3.07. The highest BCUT2D eigenvalue weighted by Gasteiger charge is 2.55. The molecule has 3 unspecified atom stereocenters. The van der Waals surface area contributed by atoms with Gasteiger partial charge in [0.25, 0.3) is 0 Å². The molecule has 0 N–H and O–H groups in total. The monoisotopic (exact) mass is 210 g/mol. The van der Waals surface area contributed by atoms with E-state index >= 15 is 0 Å². The molecule has 2 aliphatic carbocycles. The average molecular weight is 210 g/mol. The van der Waals surface area contributed by atoms with Gasteiger partial charge in [-0.2, -0.15) is 0 Å². The maximum Gasteiger partial charge on any atom is 0.158 e. The Balaban J connectivity index is 1.61. The molecule has 0 aromatic heterocycles. The molecular formula is C12H18O3. The topological polar surface area (TPSA) is 35.5 Å². The highest BCUT2D eigenvalue weighted by molar-refractivity contribution is 5.64. The molecule has 3 aliphatic rings. The predicted molar refractivity (Wildman–Crippen MR) is 54.3 cm³/mol. The largest absolute Gasteiger partial charge is 0.353 e. The van der Waals surface area contributed by atoms with Gasteiger partial charge in [-0.05, 0) is 50.4 Å². The molecule has 0 amide bonds. The predicted octanol–water partition coefficient (Wildman–Crippen LogP) is 1.90. The molecule has 0 spiro atoms. The maximum absolute atomic E-state index is 11.2. The second kappa shape index (κ2) is 3.56. The number of carbonyl (C=O) groups excluding carboxylic acids is 1. The van der Waals surface area contributed by atoms with Gasteiger partial charge in [0.15, 0.2) is 12.6 Å². The lowest BCUT2D eigenvalue weighted by Crippen LogP contribution is -2.39. The standard InChI is InChI=1S/C12H18O3/c13-8-12(6-9-5-10(9)7-12)15-11-3-1-2-4-14-11/h8-11H,1-7H2. The van der Waals surface area contributed by atoms with Crippen molar-refractivity contribution in [2.75, 3.05) is 6.61 Å². The summed E-state index contributed by atoms with van der Waals surface area (Å²) in [5.74, 6) is 1.53. The van der Waals surface area contributed by atoms with E-state index in [9.17, 15) is 4.79 Å². The second-order valence-electron chi connectivity index (χ2n) is 5.26. The van der Waals surface area contributed by atoms with Crippen molar-refractivity contribution in [3.8, 4) is 0 Å². The Hall–Kier alpha value is -0.410. The van der Waals surface area contributed by atoms with E-state index in [1.54, 1.807) is 0 Å². The smallest absolute Gasteiger partial charge is 0.158 e. The summed E-state index contributed by atoms with van der Waals surface area (Å²) in [7, 11) is 0. The summed E-state index contributed by atoms with van der Waals surface area (Å²) in [5, 5.41) is 0. The molecule has 1 saturated heterocycles. The van der Waals surface area contributed by atoms with Crippen LogP contribution in [0.1, 0.15) is 38.5 Å². The summed E-state index contributed by atoms with van der Waals surface area (Å²) < 4.78 is 11.4. The van der Waals surface area contributed by atoms with Gasteiger partial charge in [0, 0.05) is 6.61 Å². The van der Waals surface area contributed by atoms with E-state index in [4.69, 9.17) is 9.47 Å². The van der Waals surface area contributed by atoms with Crippen LogP contribution in [0.5, 0.6) is 0 Å². The molecule has 3 heteroatoms. The van der Waals surface area contributed by atoms with Gasteiger partial charge in [-0.3, -0.25) is 0 Å². The number of fused-ring (bicyclic) bond motifs is 1. The van der Waals surface area contributed by atoms with E-state index < -0.39 is 5.60 Å². The van der Waals surface area contributed by atoms with Gasteiger partial charge in [0.1, 0.15) is 5.60 Å². The van der Waals surface area contributed by atoms with Crippen LogP contribution in [0, 0.1) is 11.8 Å². The Morgan fingerprint density at radius 3 is 2.67 bits per heavy atom.